The van der Waals surface area contributed by atoms with Crippen molar-refractivity contribution in [1.82, 2.24) is 10.0 Å². The van der Waals surface area contributed by atoms with E-state index in [1.54, 1.807) is 19.1 Å². The number of amides is 1. The van der Waals surface area contributed by atoms with Crippen LogP contribution in [0.3, 0.4) is 0 Å². The Morgan fingerprint density at radius 3 is 2.42 bits per heavy atom. The zero-order valence-electron chi connectivity index (χ0n) is 12.7. The Morgan fingerprint density at radius 1 is 1.25 bits per heavy atom. The molecule has 134 valence electrons. The third-order valence-corrected chi connectivity index (χ3v) is 7.13. The Labute approximate surface area is 149 Å². The maximum absolute atomic E-state index is 12.4. The van der Waals surface area contributed by atoms with E-state index in [9.17, 15) is 21.6 Å². The van der Waals surface area contributed by atoms with Gasteiger partial charge in [-0.2, -0.15) is 0 Å². The minimum Gasteiger partial charge on any atom is -0.450 e. The van der Waals surface area contributed by atoms with Crippen LogP contribution in [0.25, 0.3) is 0 Å². The van der Waals surface area contributed by atoms with Crippen molar-refractivity contribution in [1.29, 1.82) is 0 Å². The molecule has 2 N–H and O–H groups in total. The summed E-state index contributed by atoms with van der Waals surface area (Å²) in [6.45, 7) is 1.74. The van der Waals surface area contributed by atoms with Gasteiger partial charge in [0.2, 0.25) is 10.0 Å². The predicted octanol–water partition coefficient (Wildman–Crippen LogP) is 0.639. The molecule has 11 heteroatoms. The molecule has 1 aliphatic rings. The second-order valence-electron chi connectivity index (χ2n) is 5.23. The molecule has 1 aromatic carbocycles. The van der Waals surface area contributed by atoms with E-state index < -0.39 is 38.0 Å². The summed E-state index contributed by atoms with van der Waals surface area (Å²) in [5.41, 5.74) is 0. The van der Waals surface area contributed by atoms with Gasteiger partial charge in [-0.15, -0.1) is 0 Å². The molecule has 0 spiro atoms. The lowest BCUT2D eigenvalue weighted by molar-refractivity contribution is 0.148. The lowest BCUT2D eigenvalue weighted by Crippen LogP contribution is -2.50. The summed E-state index contributed by atoms with van der Waals surface area (Å²) < 4.78 is 56.2. The molecule has 24 heavy (non-hydrogen) atoms. The smallest absolute Gasteiger partial charge is 0.407 e. The van der Waals surface area contributed by atoms with Gasteiger partial charge < -0.3 is 10.1 Å². The molecule has 8 nitrogen and oxygen atoms in total. The third-order valence-electron chi connectivity index (χ3n) is 3.36. The van der Waals surface area contributed by atoms with E-state index in [1.165, 1.54) is 12.1 Å². The molecule has 1 heterocycles. The number of carbonyl (C=O) groups is 1. The van der Waals surface area contributed by atoms with Crippen molar-refractivity contribution in [2.75, 3.05) is 18.1 Å². The average Bonchev–Trinajstić information content (AvgIpc) is 2.72. The number of hydrogen-bond acceptors (Lipinski definition) is 6. The molecule has 1 aromatic rings. The molecular weight excluding hydrogens is 424 g/mol. The van der Waals surface area contributed by atoms with E-state index in [2.05, 4.69) is 26.0 Å². The van der Waals surface area contributed by atoms with Crippen LogP contribution >= 0.6 is 15.9 Å². The van der Waals surface area contributed by atoms with Crippen LogP contribution in [-0.2, 0) is 24.6 Å². The summed E-state index contributed by atoms with van der Waals surface area (Å²) in [5, 5.41) is 2.39. The first-order chi connectivity index (χ1) is 11.1. The zero-order chi connectivity index (χ0) is 18.0. The number of nitrogens with one attached hydrogen (secondary N) is 2. The fraction of sp³-hybridized carbons (Fsp3) is 0.462. The van der Waals surface area contributed by atoms with Crippen molar-refractivity contribution in [2.24, 2.45) is 0 Å². The molecule has 0 unspecified atom stereocenters. The summed E-state index contributed by atoms with van der Waals surface area (Å²) >= 11 is 3.21. The number of sulfone groups is 1. The van der Waals surface area contributed by atoms with E-state index in [-0.39, 0.29) is 23.0 Å². The molecule has 0 radical (unpaired) electrons. The Morgan fingerprint density at radius 2 is 1.83 bits per heavy atom. The van der Waals surface area contributed by atoms with Gasteiger partial charge in [-0.25, -0.2) is 26.4 Å². The van der Waals surface area contributed by atoms with Gasteiger partial charge in [0.05, 0.1) is 35.1 Å². The number of rotatable bonds is 5. The van der Waals surface area contributed by atoms with Crippen LogP contribution < -0.4 is 10.0 Å². The molecule has 1 amide bonds. The molecule has 1 fully saturated rings. The number of sulfonamides is 1. The Bertz CT molecular complexity index is 807. The van der Waals surface area contributed by atoms with Crippen molar-refractivity contribution < 1.29 is 26.4 Å². The van der Waals surface area contributed by atoms with Gasteiger partial charge in [0.25, 0.3) is 0 Å². The number of benzene rings is 1. The standard InChI is InChI=1S/C13H17BrN2O6S2/c1-2-22-13(17)15-11-7-23(18,19)8-12(11)16-24(20,21)10-5-3-9(14)4-6-10/h3-6,11-12,16H,2,7-8H2,1H3,(H,15,17)/t11-,12-/m0/s1. The second-order valence-corrected chi connectivity index (χ2v) is 10.0. The minimum absolute atomic E-state index is 0.00452. The Balaban J connectivity index is 2.18. The number of hydrogen-bond donors (Lipinski definition) is 2. The van der Waals surface area contributed by atoms with Crippen LogP contribution in [0.1, 0.15) is 6.92 Å². The Hall–Kier alpha value is -1.17. The summed E-state index contributed by atoms with van der Waals surface area (Å²) in [5.74, 6) is -0.737. The molecule has 0 aromatic heterocycles. The van der Waals surface area contributed by atoms with Crippen molar-refractivity contribution in [2.45, 2.75) is 23.9 Å². The van der Waals surface area contributed by atoms with Gasteiger partial charge in [0, 0.05) is 4.47 Å². The highest BCUT2D eigenvalue weighted by atomic mass is 79.9. The van der Waals surface area contributed by atoms with E-state index in [0.29, 0.717) is 4.47 Å². The maximum Gasteiger partial charge on any atom is 0.407 e. The van der Waals surface area contributed by atoms with Gasteiger partial charge in [0.15, 0.2) is 9.84 Å². The van der Waals surface area contributed by atoms with Crippen molar-refractivity contribution in [3.63, 3.8) is 0 Å². The number of carbonyl (C=O) groups excluding carboxylic acids is 1. The van der Waals surface area contributed by atoms with Gasteiger partial charge in [-0.3, -0.25) is 0 Å². The molecule has 0 bridgehead atoms. The lowest BCUT2D eigenvalue weighted by Gasteiger charge is -2.20. The van der Waals surface area contributed by atoms with Gasteiger partial charge in [-0.1, -0.05) is 15.9 Å². The van der Waals surface area contributed by atoms with Crippen LogP contribution in [0, 0.1) is 0 Å². The first kappa shape index (κ1) is 19.2. The number of alkyl carbamates (subject to hydrolysis) is 1. The minimum atomic E-state index is -3.92. The molecule has 1 aliphatic heterocycles. The third kappa shape index (κ3) is 4.91. The summed E-state index contributed by atoms with van der Waals surface area (Å²) in [4.78, 5) is 11.5. The van der Waals surface area contributed by atoms with Gasteiger partial charge >= 0.3 is 6.09 Å². The predicted molar refractivity (Wildman–Crippen MR) is 90.9 cm³/mol. The highest BCUT2D eigenvalue weighted by Gasteiger charge is 2.41. The van der Waals surface area contributed by atoms with E-state index >= 15 is 0 Å². The molecule has 1 saturated heterocycles. The molecule has 2 rings (SSSR count). The maximum atomic E-state index is 12.4. The Kier molecular flexibility index (Phi) is 5.89. The SMILES string of the molecule is CCOC(=O)N[C@H]1CS(=O)(=O)C[C@@H]1NS(=O)(=O)c1ccc(Br)cc1. The topological polar surface area (TPSA) is 119 Å². The summed E-state index contributed by atoms with van der Waals surface area (Å²) in [6.07, 6.45) is -0.785. The van der Waals surface area contributed by atoms with Gasteiger partial charge in [0.1, 0.15) is 0 Å². The second kappa shape index (κ2) is 7.38. The highest BCUT2D eigenvalue weighted by molar-refractivity contribution is 9.10. The largest absolute Gasteiger partial charge is 0.450 e. The van der Waals surface area contributed by atoms with Crippen LogP contribution in [0.5, 0.6) is 0 Å². The van der Waals surface area contributed by atoms with Crippen LogP contribution in [0.4, 0.5) is 4.79 Å². The summed E-state index contributed by atoms with van der Waals surface area (Å²) in [6, 6.07) is 4.06. The molecule has 0 saturated carbocycles. The number of halogens is 1. The lowest BCUT2D eigenvalue weighted by atomic mass is 10.2. The van der Waals surface area contributed by atoms with Crippen LogP contribution in [-0.4, -0.2) is 53.1 Å². The van der Waals surface area contributed by atoms with Crippen molar-refractivity contribution in [3.8, 4) is 0 Å². The normalized spacial score (nSPS) is 22.9. The van der Waals surface area contributed by atoms with Gasteiger partial charge in [-0.05, 0) is 31.2 Å². The van der Waals surface area contributed by atoms with Crippen molar-refractivity contribution >= 4 is 41.9 Å². The fourth-order valence-electron chi connectivity index (χ4n) is 2.31. The molecule has 2 atom stereocenters. The number of ether oxygens (including phenoxy) is 1. The first-order valence-electron chi connectivity index (χ1n) is 7.04. The zero-order valence-corrected chi connectivity index (χ0v) is 15.9. The molecular formula is C13H17BrN2O6S2. The van der Waals surface area contributed by atoms with Crippen LogP contribution in [0.2, 0.25) is 0 Å². The quantitative estimate of drug-likeness (QED) is 0.693. The molecule has 0 aliphatic carbocycles. The van der Waals surface area contributed by atoms with E-state index in [0.717, 1.165) is 0 Å². The van der Waals surface area contributed by atoms with Crippen LogP contribution in [0.15, 0.2) is 33.6 Å². The van der Waals surface area contributed by atoms with E-state index in [4.69, 9.17) is 4.74 Å². The first-order valence-corrected chi connectivity index (χ1v) is 11.1. The van der Waals surface area contributed by atoms with E-state index in [1.807, 2.05) is 0 Å². The average molecular weight is 441 g/mol. The summed E-state index contributed by atoms with van der Waals surface area (Å²) in [7, 11) is -7.39. The fourth-order valence-corrected chi connectivity index (χ4v) is 5.82. The van der Waals surface area contributed by atoms with Crippen molar-refractivity contribution in [3.05, 3.63) is 28.7 Å². The monoisotopic (exact) mass is 440 g/mol. The highest BCUT2D eigenvalue weighted by Crippen LogP contribution is 2.18.